The largest absolute Gasteiger partial charge is 0.376 e. The second-order valence-corrected chi connectivity index (χ2v) is 7.59. The number of carbonyl (C=O) groups is 3. The van der Waals surface area contributed by atoms with Gasteiger partial charge < -0.3 is 10.1 Å². The van der Waals surface area contributed by atoms with Crippen molar-refractivity contribution in [1.82, 2.24) is 10.2 Å². The number of amides is 3. The van der Waals surface area contributed by atoms with E-state index in [0.717, 1.165) is 22.4 Å². The number of carbonyl (C=O) groups excluding carboxylic acids is 3. The molecular weight excluding hydrogens is 356 g/mol. The summed E-state index contributed by atoms with van der Waals surface area (Å²) in [5.41, 5.74) is 2.75. The Hall–Kier alpha value is -2.99. The van der Waals surface area contributed by atoms with Crippen LogP contribution in [0.25, 0.3) is 0 Å². The summed E-state index contributed by atoms with van der Waals surface area (Å²) in [4.78, 5) is 39.5. The summed E-state index contributed by atoms with van der Waals surface area (Å²) >= 11 is 0. The van der Waals surface area contributed by atoms with Crippen LogP contribution >= 0.6 is 0 Å². The van der Waals surface area contributed by atoms with Crippen molar-refractivity contribution in [3.63, 3.8) is 0 Å². The van der Waals surface area contributed by atoms with Gasteiger partial charge >= 0.3 is 0 Å². The predicted octanol–water partition coefficient (Wildman–Crippen LogP) is 2.45. The van der Waals surface area contributed by atoms with Crippen LogP contribution in [-0.2, 0) is 29.1 Å². The van der Waals surface area contributed by atoms with Crippen molar-refractivity contribution in [2.75, 3.05) is 6.61 Å². The maximum atomic E-state index is 13.0. The smallest absolute Gasteiger partial charge is 0.262 e. The van der Waals surface area contributed by atoms with E-state index >= 15 is 0 Å². The molecule has 0 aromatic heterocycles. The molecule has 0 radical (unpaired) electrons. The molecule has 0 saturated heterocycles. The van der Waals surface area contributed by atoms with Crippen molar-refractivity contribution in [2.24, 2.45) is 0 Å². The molecule has 0 fully saturated rings. The Morgan fingerprint density at radius 3 is 2.43 bits per heavy atom. The molecule has 2 aromatic rings. The Morgan fingerprint density at radius 2 is 1.75 bits per heavy atom. The molecule has 6 heteroatoms. The SMILES string of the molecule is CC(C)(C(=O)NCc1cccc2c1CCOC2)N1C(=O)c2ccccc2C1=O. The first-order valence-corrected chi connectivity index (χ1v) is 9.35. The topological polar surface area (TPSA) is 75.7 Å². The first kappa shape index (κ1) is 18.4. The number of fused-ring (bicyclic) bond motifs is 2. The lowest BCUT2D eigenvalue weighted by atomic mass is 9.96. The van der Waals surface area contributed by atoms with E-state index in [1.54, 1.807) is 38.1 Å². The molecule has 2 aliphatic rings. The van der Waals surface area contributed by atoms with Gasteiger partial charge in [-0.25, -0.2) is 0 Å². The Bertz CT molecular complexity index is 945. The summed E-state index contributed by atoms with van der Waals surface area (Å²) in [5.74, 6) is -1.24. The lowest BCUT2D eigenvalue weighted by molar-refractivity contribution is -0.129. The third-order valence-corrected chi connectivity index (χ3v) is 5.47. The van der Waals surface area contributed by atoms with E-state index in [9.17, 15) is 14.4 Å². The van der Waals surface area contributed by atoms with E-state index in [4.69, 9.17) is 4.74 Å². The van der Waals surface area contributed by atoms with Crippen LogP contribution in [0.1, 0.15) is 51.3 Å². The van der Waals surface area contributed by atoms with Gasteiger partial charge in [0.25, 0.3) is 11.8 Å². The van der Waals surface area contributed by atoms with Crippen LogP contribution in [0.15, 0.2) is 42.5 Å². The fraction of sp³-hybridized carbons (Fsp3) is 0.318. The van der Waals surface area contributed by atoms with Crippen molar-refractivity contribution in [2.45, 2.75) is 39.0 Å². The first-order chi connectivity index (χ1) is 13.4. The highest BCUT2D eigenvalue weighted by Gasteiger charge is 2.47. The molecular formula is C22H22N2O4. The quantitative estimate of drug-likeness (QED) is 0.830. The second-order valence-electron chi connectivity index (χ2n) is 7.59. The minimum absolute atomic E-state index is 0.338. The molecule has 3 amide bonds. The zero-order valence-electron chi connectivity index (χ0n) is 16.0. The molecule has 0 spiro atoms. The molecule has 0 bridgehead atoms. The van der Waals surface area contributed by atoms with E-state index in [1.165, 1.54) is 5.56 Å². The molecule has 4 rings (SSSR count). The standard InChI is InChI=1S/C22H22N2O4/c1-22(2,24-19(25)17-8-3-4-9-18(17)20(24)26)21(27)23-12-14-6-5-7-15-13-28-11-10-16(14)15/h3-9H,10-13H2,1-2H3,(H,23,27). The molecule has 144 valence electrons. The molecule has 2 aromatic carbocycles. The van der Waals surface area contributed by atoms with Gasteiger partial charge in [0.1, 0.15) is 5.54 Å². The summed E-state index contributed by atoms with van der Waals surface area (Å²) < 4.78 is 5.48. The van der Waals surface area contributed by atoms with Gasteiger partial charge in [0.15, 0.2) is 0 Å². The van der Waals surface area contributed by atoms with Gasteiger partial charge in [-0.15, -0.1) is 0 Å². The fourth-order valence-electron chi connectivity index (χ4n) is 3.86. The minimum Gasteiger partial charge on any atom is -0.376 e. The molecule has 0 saturated carbocycles. The van der Waals surface area contributed by atoms with Gasteiger partial charge in [-0.1, -0.05) is 30.3 Å². The molecule has 28 heavy (non-hydrogen) atoms. The van der Waals surface area contributed by atoms with Crippen molar-refractivity contribution in [3.05, 3.63) is 70.3 Å². The van der Waals surface area contributed by atoms with Crippen LogP contribution < -0.4 is 5.32 Å². The van der Waals surface area contributed by atoms with E-state index in [-0.39, 0.29) is 5.91 Å². The Morgan fingerprint density at radius 1 is 1.07 bits per heavy atom. The zero-order valence-corrected chi connectivity index (χ0v) is 16.0. The summed E-state index contributed by atoms with van der Waals surface area (Å²) in [5, 5.41) is 2.91. The number of hydrogen-bond donors (Lipinski definition) is 1. The molecule has 2 heterocycles. The lowest BCUT2D eigenvalue weighted by Crippen LogP contribution is -2.57. The molecule has 0 unspecified atom stereocenters. The molecule has 0 aliphatic carbocycles. The summed E-state index contributed by atoms with van der Waals surface area (Å²) in [6, 6.07) is 12.6. The maximum Gasteiger partial charge on any atom is 0.262 e. The maximum absolute atomic E-state index is 13.0. The van der Waals surface area contributed by atoms with E-state index in [1.807, 2.05) is 18.2 Å². The minimum atomic E-state index is -1.30. The van der Waals surface area contributed by atoms with E-state index < -0.39 is 17.4 Å². The van der Waals surface area contributed by atoms with Crippen molar-refractivity contribution in [1.29, 1.82) is 0 Å². The number of nitrogens with zero attached hydrogens (tertiary/aromatic N) is 1. The Labute approximate surface area is 163 Å². The third-order valence-electron chi connectivity index (χ3n) is 5.47. The second kappa shape index (κ2) is 6.87. The highest BCUT2D eigenvalue weighted by atomic mass is 16.5. The van der Waals surface area contributed by atoms with Crippen molar-refractivity contribution >= 4 is 17.7 Å². The molecule has 6 nitrogen and oxygen atoms in total. The predicted molar refractivity (Wildman–Crippen MR) is 103 cm³/mol. The average Bonchev–Trinajstić information content (AvgIpc) is 2.97. The summed E-state index contributed by atoms with van der Waals surface area (Å²) in [6.45, 7) is 4.78. The molecule has 2 aliphatic heterocycles. The van der Waals surface area contributed by atoms with Crippen LogP contribution in [0.2, 0.25) is 0 Å². The van der Waals surface area contributed by atoms with Crippen molar-refractivity contribution in [3.8, 4) is 0 Å². The highest BCUT2D eigenvalue weighted by Crippen LogP contribution is 2.29. The fourth-order valence-corrected chi connectivity index (χ4v) is 3.86. The Balaban J connectivity index is 1.52. The number of benzene rings is 2. The number of hydrogen-bond acceptors (Lipinski definition) is 4. The van der Waals surface area contributed by atoms with E-state index in [0.29, 0.717) is 30.9 Å². The van der Waals surface area contributed by atoms with Crippen LogP contribution in [0.4, 0.5) is 0 Å². The number of nitrogens with one attached hydrogen (secondary N) is 1. The summed E-state index contributed by atoms with van der Waals surface area (Å²) in [6.07, 6.45) is 0.809. The van der Waals surface area contributed by atoms with E-state index in [2.05, 4.69) is 5.32 Å². The van der Waals surface area contributed by atoms with Crippen LogP contribution in [0.5, 0.6) is 0 Å². The normalized spacial score (nSPS) is 16.0. The molecule has 0 atom stereocenters. The van der Waals surface area contributed by atoms with Gasteiger partial charge in [0.05, 0.1) is 24.3 Å². The number of imide groups is 1. The van der Waals surface area contributed by atoms with Crippen molar-refractivity contribution < 1.29 is 19.1 Å². The zero-order chi connectivity index (χ0) is 19.9. The highest BCUT2D eigenvalue weighted by molar-refractivity contribution is 6.23. The third kappa shape index (κ3) is 2.90. The van der Waals surface area contributed by atoms with Crippen LogP contribution in [0.3, 0.4) is 0 Å². The number of rotatable bonds is 4. The average molecular weight is 378 g/mol. The van der Waals surface area contributed by atoms with Gasteiger partial charge in [0, 0.05) is 6.54 Å². The van der Waals surface area contributed by atoms with Gasteiger partial charge in [-0.2, -0.15) is 0 Å². The first-order valence-electron chi connectivity index (χ1n) is 9.35. The molecule has 1 N–H and O–H groups in total. The summed E-state index contributed by atoms with van der Waals surface area (Å²) in [7, 11) is 0. The van der Waals surface area contributed by atoms with Gasteiger partial charge in [-0.05, 0) is 49.1 Å². The number of ether oxygens (including phenoxy) is 1. The lowest BCUT2D eigenvalue weighted by Gasteiger charge is -2.32. The monoisotopic (exact) mass is 378 g/mol. The van der Waals surface area contributed by atoms with Gasteiger partial charge in [0.2, 0.25) is 5.91 Å². The van der Waals surface area contributed by atoms with Crippen LogP contribution in [0, 0.1) is 0 Å². The van der Waals surface area contributed by atoms with Gasteiger partial charge in [-0.3, -0.25) is 19.3 Å². The Kier molecular flexibility index (Phi) is 4.51. The van der Waals surface area contributed by atoms with Crippen LogP contribution in [-0.4, -0.2) is 34.8 Å².